The van der Waals surface area contributed by atoms with Crippen LogP contribution in [0.15, 0.2) is 45.6 Å². The Morgan fingerprint density at radius 2 is 2.05 bits per heavy atom. The third-order valence-corrected chi connectivity index (χ3v) is 2.91. The van der Waals surface area contributed by atoms with Gasteiger partial charge in [0.15, 0.2) is 5.58 Å². The van der Waals surface area contributed by atoms with E-state index in [0.29, 0.717) is 16.8 Å². The molecule has 19 heavy (non-hydrogen) atoms. The molecule has 0 aliphatic heterocycles. The number of nitrogens with two attached hydrogens (primary N) is 1. The maximum atomic E-state index is 11.1. The lowest BCUT2D eigenvalue weighted by molar-refractivity contribution is 0.555. The summed E-state index contributed by atoms with van der Waals surface area (Å²) in [7, 11) is 0. The van der Waals surface area contributed by atoms with Gasteiger partial charge in [-0.2, -0.15) is 0 Å². The zero-order valence-corrected chi connectivity index (χ0v) is 10.4. The minimum absolute atomic E-state index is 0.456. The monoisotopic (exact) mass is 255 g/mol. The fraction of sp³-hybridized carbons (Fsp3) is 0.0714. The Morgan fingerprint density at radius 3 is 2.89 bits per heavy atom. The van der Waals surface area contributed by atoms with Crippen molar-refractivity contribution < 1.29 is 4.42 Å². The van der Waals surface area contributed by atoms with E-state index in [0.717, 1.165) is 16.9 Å². The third-order valence-electron chi connectivity index (χ3n) is 2.91. The first kappa shape index (κ1) is 11.4. The van der Waals surface area contributed by atoms with Crippen LogP contribution in [0.2, 0.25) is 0 Å². The topological polar surface area (TPSA) is 84.0 Å². The summed E-state index contributed by atoms with van der Waals surface area (Å²) in [6.45, 7) is 2.00. The summed E-state index contributed by atoms with van der Waals surface area (Å²) in [6, 6.07) is 11.2. The maximum absolute atomic E-state index is 11.1. The molecular formula is C14H13N3O2. The van der Waals surface area contributed by atoms with Crippen LogP contribution < -0.4 is 16.8 Å². The molecule has 0 amide bonds. The summed E-state index contributed by atoms with van der Waals surface area (Å²) in [5.41, 5.74) is 10.6. The number of oxazole rings is 1. The average Bonchev–Trinajstić information content (AvgIpc) is 2.73. The van der Waals surface area contributed by atoms with Crippen LogP contribution in [0.1, 0.15) is 5.56 Å². The molecule has 0 saturated carbocycles. The Bertz CT molecular complexity index is 802. The van der Waals surface area contributed by atoms with E-state index in [4.69, 9.17) is 10.2 Å². The molecule has 0 spiro atoms. The molecule has 0 aliphatic rings. The van der Waals surface area contributed by atoms with Crippen LogP contribution in [0.4, 0.5) is 17.1 Å². The second-order valence-corrected chi connectivity index (χ2v) is 4.44. The van der Waals surface area contributed by atoms with Gasteiger partial charge in [-0.05, 0) is 42.8 Å². The molecule has 0 unspecified atom stereocenters. The van der Waals surface area contributed by atoms with Crippen molar-refractivity contribution >= 4 is 28.2 Å². The molecular weight excluding hydrogens is 242 g/mol. The van der Waals surface area contributed by atoms with Crippen molar-refractivity contribution in [3.8, 4) is 0 Å². The van der Waals surface area contributed by atoms with E-state index in [1.54, 1.807) is 6.07 Å². The number of nitrogens with one attached hydrogen (secondary N) is 2. The van der Waals surface area contributed by atoms with Gasteiger partial charge in [0.2, 0.25) is 0 Å². The first-order valence-electron chi connectivity index (χ1n) is 5.88. The highest BCUT2D eigenvalue weighted by Crippen LogP contribution is 2.25. The maximum Gasteiger partial charge on any atom is 0.417 e. The third kappa shape index (κ3) is 2.18. The molecule has 1 heterocycles. The van der Waals surface area contributed by atoms with E-state index in [2.05, 4.69) is 10.3 Å². The number of aryl methyl sites for hydroxylation is 1. The lowest BCUT2D eigenvalue weighted by Crippen LogP contribution is -1.96. The Labute approximate surface area is 109 Å². The first-order valence-corrected chi connectivity index (χ1v) is 5.88. The summed E-state index contributed by atoms with van der Waals surface area (Å²) >= 11 is 0. The Balaban J connectivity index is 2.00. The second kappa shape index (κ2) is 4.20. The minimum Gasteiger partial charge on any atom is -0.408 e. The fourth-order valence-corrected chi connectivity index (χ4v) is 1.96. The van der Waals surface area contributed by atoms with E-state index in [-0.39, 0.29) is 0 Å². The number of aromatic amines is 1. The van der Waals surface area contributed by atoms with Crippen LogP contribution in [-0.2, 0) is 0 Å². The Morgan fingerprint density at radius 1 is 1.21 bits per heavy atom. The van der Waals surface area contributed by atoms with Crippen molar-refractivity contribution in [3.63, 3.8) is 0 Å². The molecule has 5 nitrogen and oxygen atoms in total. The first-order chi connectivity index (χ1) is 9.11. The van der Waals surface area contributed by atoms with Crippen LogP contribution in [0.5, 0.6) is 0 Å². The molecule has 3 aromatic rings. The van der Waals surface area contributed by atoms with Crippen molar-refractivity contribution in [2.45, 2.75) is 6.92 Å². The number of benzene rings is 2. The van der Waals surface area contributed by atoms with E-state index in [9.17, 15) is 4.79 Å². The van der Waals surface area contributed by atoms with Crippen LogP contribution in [0.3, 0.4) is 0 Å². The number of fused-ring (bicyclic) bond motifs is 1. The molecule has 5 heteroatoms. The Kier molecular flexibility index (Phi) is 2.52. The van der Waals surface area contributed by atoms with Crippen molar-refractivity contribution in [1.29, 1.82) is 0 Å². The standard InChI is InChI=1S/C14H13N3O2/c1-8-2-4-10(15)11(6-8)16-9-3-5-13-12(7-9)17-14(18)19-13/h2-7,16H,15H2,1H3,(H,17,18). The summed E-state index contributed by atoms with van der Waals surface area (Å²) in [6.07, 6.45) is 0. The number of nitrogen functional groups attached to an aromatic ring is 1. The zero-order chi connectivity index (χ0) is 13.4. The van der Waals surface area contributed by atoms with Crippen molar-refractivity contribution in [1.82, 2.24) is 4.98 Å². The minimum atomic E-state index is -0.456. The van der Waals surface area contributed by atoms with E-state index in [1.165, 1.54) is 0 Å². The van der Waals surface area contributed by atoms with Gasteiger partial charge in [-0.3, -0.25) is 4.98 Å². The van der Waals surface area contributed by atoms with E-state index < -0.39 is 5.76 Å². The smallest absolute Gasteiger partial charge is 0.408 e. The second-order valence-electron chi connectivity index (χ2n) is 4.44. The molecule has 1 aromatic heterocycles. The lowest BCUT2D eigenvalue weighted by atomic mass is 10.2. The van der Waals surface area contributed by atoms with Gasteiger partial charge in [0.05, 0.1) is 16.9 Å². The molecule has 3 rings (SSSR count). The van der Waals surface area contributed by atoms with Gasteiger partial charge in [0.1, 0.15) is 0 Å². The average molecular weight is 255 g/mol. The van der Waals surface area contributed by atoms with Crippen LogP contribution in [0, 0.1) is 6.92 Å². The number of H-pyrrole nitrogens is 1. The number of hydrogen-bond acceptors (Lipinski definition) is 4. The van der Waals surface area contributed by atoms with Crippen molar-refractivity contribution in [2.24, 2.45) is 0 Å². The van der Waals surface area contributed by atoms with Gasteiger partial charge < -0.3 is 15.5 Å². The molecule has 4 N–H and O–H groups in total. The highest BCUT2D eigenvalue weighted by Gasteiger charge is 2.04. The van der Waals surface area contributed by atoms with E-state index in [1.807, 2.05) is 37.3 Å². The molecule has 0 atom stereocenters. The summed E-state index contributed by atoms with van der Waals surface area (Å²) < 4.78 is 4.95. The molecule has 0 aliphatic carbocycles. The lowest BCUT2D eigenvalue weighted by Gasteiger charge is -2.10. The summed E-state index contributed by atoms with van der Waals surface area (Å²) in [4.78, 5) is 13.7. The number of anilines is 3. The Hall–Kier alpha value is -2.69. The quantitative estimate of drug-likeness (QED) is 0.615. The van der Waals surface area contributed by atoms with Gasteiger partial charge in [0.25, 0.3) is 0 Å². The summed E-state index contributed by atoms with van der Waals surface area (Å²) in [5.74, 6) is -0.456. The molecule has 0 saturated heterocycles. The predicted molar refractivity (Wildman–Crippen MR) is 75.7 cm³/mol. The molecule has 0 radical (unpaired) electrons. The number of aromatic nitrogens is 1. The van der Waals surface area contributed by atoms with Gasteiger partial charge in [-0.15, -0.1) is 0 Å². The molecule has 96 valence electrons. The zero-order valence-electron chi connectivity index (χ0n) is 10.4. The molecule has 2 aromatic carbocycles. The predicted octanol–water partition coefficient (Wildman–Crippen LogP) is 2.76. The molecule has 0 bridgehead atoms. The SMILES string of the molecule is Cc1ccc(N)c(Nc2ccc3oc(=O)[nH]c3c2)c1. The van der Waals surface area contributed by atoms with Crippen LogP contribution in [-0.4, -0.2) is 4.98 Å². The van der Waals surface area contributed by atoms with Crippen molar-refractivity contribution in [2.75, 3.05) is 11.1 Å². The van der Waals surface area contributed by atoms with E-state index >= 15 is 0 Å². The van der Waals surface area contributed by atoms with Gasteiger partial charge in [-0.1, -0.05) is 6.07 Å². The number of rotatable bonds is 2. The fourth-order valence-electron chi connectivity index (χ4n) is 1.96. The highest BCUT2D eigenvalue weighted by molar-refractivity contribution is 5.80. The normalized spacial score (nSPS) is 10.8. The van der Waals surface area contributed by atoms with Crippen LogP contribution in [0.25, 0.3) is 11.1 Å². The molecule has 0 fully saturated rings. The highest BCUT2D eigenvalue weighted by atomic mass is 16.4. The van der Waals surface area contributed by atoms with Gasteiger partial charge >= 0.3 is 5.76 Å². The largest absolute Gasteiger partial charge is 0.417 e. The number of hydrogen-bond donors (Lipinski definition) is 3. The van der Waals surface area contributed by atoms with Gasteiger partial charge in [0, 0.05) is 5.69 Å². The summed E-state index contributed by atoms with van der Waals surface area (Å²) in [5, 5.41) is 3.23. The van der Waals surface area contributed by atoms with Crippen LogP contribution >= 0.6 is 0 Å². The van der Waals surface area contributed by atoms with Gasteiger partial charge in [-0.25, -0.2) is 4.79 Å². The van der Waals surface area contributed by atoms with Crippen molar-refractivity contribution in [3.05, 3.63) is 52.5 Å².